The number of amides is 2. The van der Waals surface area contributed by atoms with Crippen molar-refractivity contribution in [1.29, 1.82) is 0 Å². The zero-order valence-electron chi connectivity index (χ0n) is 17.2. The third-order valence-corrected chi connectivity index (χ3v) is 5.89. The van der Waals surface area contributed by atoms with E-state index >= 15 is 0 Å². The number of halogens is 1. The van der Waals surface area contributed by atoms with E-state index in [1.165, 1.54) is 0 Å². The summed E-state index contributed by atoms with van der Waals surface area (Å²) in [6.45, 7) is 0.719. The van der Waals surface area contributed by atoms with Gasteiger partial charge in [0, 0.05) is 29.2 Å². The molecule has 32 heavy (non-hydrogen) atoms. The smallest absolute Gasteiger partial charge is 0.252 e. The molecule has 3 aromatic carbocycles. The Morgan fingerprint density at radius 2 is 1.84 bits per heavy atom. The van der Waals surface area contributed by atoms with Crippen molar-refractivity contribution in [1.82, 2.24) is 15.3 Å². The molecule has 7 heteroatoms. The zero-order chi connectivity index (χ0) is 22.1. The SMILES string of the molecule is O=C(N[C@@H](c1ccccc1)c1nc2ccc(Cl)cc2[nH]1)c1ccc(N2CCCC2=O)cc1. The topological polar surface area (TPSA) is 78.1 Å². The second-order valence-corrected chi connectivity index (χ2v) is 8.23. The first-order chi connectivity index (χ1) is 15.6. The predicted molar refractivity (Wildman–Crippen MR) is 125 cm³/mol. The number of rotatable bonds is 5. The molecule has 0 bridgehead atoms. The van der Waals surface area contributed by atoms with Gasteiger partial charge in [-0.15, -0.1) is 0 Å². The number of imidazole rings is 1. The van der Waals surface area contributed by atoms with Crippen molar-refractivity contribution in [3.05, 3.63) is 94.8 Å². The Bertz CT molecular complexity index is 1280. The van der Waals surface area contributed by atoms with Crippen molar-refractivity contribution >= 4 is 40.1 Å². The molecule has 2 amide bonds. The number of aromatic nitrogens is 2. The summed E-state index contributed by atoms with van der Waals surface area (Å²) in [5.41, 5.74) is 3.82. The van der Waals surface area contributed by atoms with Crippen LogP contribution in [0.1, 0.15) is 40.6 Å². The van der Waals surface area contributed by atoms with Crippen LogP contribution < -0.4 is 10.2 Å². The lowest BCUT2D eigenvalue weighted by molar-refractivity contribution is -0.117. The maximum atomic E-state index is 13.1. The Morgan fingerprint density at radius 1 is 1.06 bits per heavy atom. The van der Waals surface area contributed by atoms with E-state index in [9.17, 15) is 9.59 Å². The molecule has 0 radical (unpaired) electrons. The van der Waals surface area contributed by atoms with Gasteiger partial charge in [0.25, 0.3) is 5.91 Å². The summed E-state index contributed by atoms with van der Waals surface area (Å²) in [5, 5.41) is 3.71. The molecule has 0 saturated carbocycles. The van der Waals surface area contributed by atoms with Crippen LogP contribution in [0.3, 0.4) is 0 Å². The number of anilines is 1. The van der Waals surface area contributed by atoms with Crippen LogP contribution in [-0.2, 0) is 4.79 Å². The highest BCUT2D eigenvalue weighted by Gasteiger charge is 2.23. The number of H-pyrrole nitrogens is 1. The van der Waals surface area contributed by atoms with Gasteiger partial charge >= 0.3 is 0 Å². The van der Waals surface area contributed by atoms with E-state index in [0.29, 0.717) is 22.8 Å². The summed E-state index contributed by atoms with van der Waals surface area (Å²) >= 11 is 6.12. The van der Waals surface area contributed by atoms with Gasteiger partial charge in [-0.1, -0.05) is 41.9 Å². The van der Waals surface area contributed by atoms with E-state index in [4.69, 9.17) is 11.6 Å². The minimum Gasteiger partial charge on any atom is -0.340 e. The van der Waals surface area contributed by atoms with Crippen molar-refractivity contribution in [2.24, 2.45) is 0 Å². The number of carbonyl (C=O) groups excluding carboxylic acids is 2. The molecule has 0 aliphatic carbocycles. The van der Waals surface area contributed by atoms with Crippen molar-refractivity contribution in [3.8, 4) is 0 Å². The van der Waals surface area contributed by atoms with Crippen molar-refractivity contribution in [2.75, 3.05) is 11.4 Å². The maximum absolute atomic E-state index is 13.1. The Kier molecular flexibility index (Phi) is 5.37. The molecule has 1 aliphatic heterocycles. The quantitative estimate of drug-likeness (QED) is 0.461. The molecule has 2 heterocycles. The number of fused-ring (bicyclic) bond motifs is 1. The number of aromatic amines is 1. The first-order valence-corrected chi connectivity index (χ1v) is 10.9. The average molecular weight is 445 g/mol. The minimum absolute atomic E-state index is 0.122. The number of nitrogens with one attached hydrogen (secondary N) is 2. The van der Waals surface area contributed by atoms with Crippen LogP contribution in [0.25, 0.3) is 11.0 Å². The van der Waals surface area contributed by atoms with Crippen LogP contribution in [0, 0.1) is 0 Å². The lowest BCUT2D eigenvalue weighted by Gasteiger charge is -2.18. The fourth-order valence-corrected chi connectivity index (χ4v) is 4.19. The van der Waals surface area contributed by atoms with Crippen molar-refractivity contribution in [2.45, 2.75) is 18.9 Å². The standard InChI is InChI=1S/C25H21ClN4O2/c26-18-10-13-20-21(15-18)28-24(27-20)23(16-5-2-1-3-6-16)29-25(32)17-8-11-19(12-9-17)30-14-4-7-22(30)31/h1-3,5-6,8-13,15,23H,4,7,14H2,(H,27,28)(H,29,32)/t23-/m0/s1. The maximum Gasteiger partial charge on any atom is 0.252 e. The Labute approximate surface area is 190 Å². The van der Waals surface area contributed by atoms with Crippen LogP contribution in [0.2, 0.25) is 5.02 Å². The third-order valence-electron chi connectivity index (χ3n) is 5.66. The van der Waals surface area contributed by atoms with Gasteiger partial charge in [-0.2, -0.15) is 0 Å². The molecule has 0 spiro atoms. The summed E-state index contributed by atoms with van der Waals surface area (Å²) in [7, 11) is 0. The van der Waals surface area contributed by atoms with Gasteiger partial charge in [0.2, 0.25) is 5.91 Å². The highest BCUT2D eigenvalue weighted by molar-refractivity contribution is 6.31. The van der Waals surface area contributed by atoms with Gasteiger partial charge in [0.15, 0.2) is 0 Å². The largest absolute Gasteiger partial charge is 0.340 e. The van der Waals surface area contributed by atoms with Gasteiger partial charge in [-0.25, -0.2) is 4.98 Å². The zero-order valence-corrected chi connectivity index (χ0v) is 18.0. The second kappa shape index (κ2) is 8.48. The van der Waals surface area contributed by atoms with Gasteiger partial charge < -0.3 is 15.2 Å². The van der Waals surface area contributed by atoms with E-state index in [1.807, 2.05) is 54.6 Å². The molecule has 1 aliphatic rings. The molecule has 0 unspecified atom stereocenters. The Morgan fingerprint density at radius 3 is 2.56 bits per heavy atom. The lowest BCUT2D eigenvalue weighted by Crippen LogP contribution is -2.30. The third kappa shape index (κ3) is 3.97. The van der Waals surface area contributed by atoms with Crippen LogP contribution in [0.15, 0.2) is 72.8 Å². The minimum atomic E-state index is -0.463. The van der Waals surface area contributed by atoms with E-state index in [2.05, 4.69) is 15.3 Å². The van der Waals surface area contributed by atoms with Gasteiger partial charge in [0.05, 0.1) is 11.0 Å². The first kappa shape index (κ1) is 20.3. The monoisotopic (exact) mass is 444 g/mol. The first-order valence-electron chi connectivity index (χ1n) is 10.5. The molecule has 1 saturated heterocycles. The number of benzene rings is 3. The molecule has 4 aromatic rings. The fraction of sp³-hybridized carbons (Fsp3) is 0.160. The highest BCUT2D eigenvalue weighted by atomic mass is 35.5. The van der Waals surface area contributed by atoms with E-state index < -0.39 is 6.04 Å². The molecule has 6 nitrogen and oxygen atoms in total. The van der Waals surface area contributed by atoms with E-state index in [0.717, 1.165) is 35.2 Å². The molecule has 1 aromatic heterocycles. The summed E-state index contributed by atoms with van der Waals surface area (Å²) in [4.78, 5) is 34.8. The summed E-state index contributed by atoms with van der Waals surface area (Å²) < 4.78 is 0. The molecule has 1 fully saturated rings. The van der Waals surface area contributed by atoms with E-state index in [-0.39, 0.29) is 11.8 Å². The summed E-state index contributed by atoms with van der Waals surface area (Å²) in [5.74, 6) is 0.522. The predicted octanol–water partition coefficient (Wildman–Crippen LogP) is 4.86. The fourth-order valence-electron chi connectivity index (χ4n) is 4.02. The molecular weight excluding hydrogens is 424 g/mol. The van der Waals surface area contributed by atoms with Crippen LogP contribution in [-0.4, -0.2) is 28.3 Å². The van der Waals surface area contributed by atoms with E-state index in [1.54, 1.807) is 23.1 Å². The van der Waals surface area contributed by atoms with Crippen LogP contribution in [0.5, 0.6) is 0 Å². The highest BCUT2D eigenvalue weighted by Crippen LogP contribution is 2.26. The van der Waals surface area contributed by atoms with Crippen LogP contribution >= 0.6 is 11.6 Å². The number of nitrogens with zero attached hydrogens (tertiary/aromatic N) is 2. The molecular formula is C25H21ClN4O2. The number of carbonyl (C=O) groups is 2. The Hall–Kier alpha value is -3.64. The normalized spacial score (nSPS) is 14.7. The molecule has 160 valence electrons. The summed E-state index contributed by atoms with van der Waals surface area (Å²) in [6, 6.07) is 21.8. The van der Waals surface area contributed by atoms with Crippen LogP contribution in [0.4, 0.5) is 5.69 Å². The lowest BCUT2D eigenvalue weighted by atomic mass is 10.1. The second-order valence-electron chi connectivity index (χ2n) is 7.80. The van der Waals surface area contributed by atoms with Gasteiger partial charge in [-0.3, -0.25) is 9.59 Å². The van der Waals surface area contributed by atoms with Crippen molar-refractivity contribution in [3.63, 3.8) is 0 Å². The van der Waals surface area contributed by atoms with Crippen molar-refractivity contribution < 1.29 is 9.59 Å². The summed E-state index contributed by atoms with van der Waals surface area (Å²) in [6.07, 6.45) is 1.44. The molecule has 2 N–H and O–H groups in total. The molecule has 5 rings (SSSR count). The molecule has 1 atom stereocenters. The van der Waals surface area contributed by atoms with Gasteiger partial charge in [-0.05, 0) is 54.4 Å². The Balaban J connectivity index is 1.43. The number of hydrogen-bond donors (Lipinski definition) is 2. The average Bonchev–Trinajstić information content (AvgIpc) is 3.43. The number of hydrogen-bond acceptors (Lipinski definition) is 3. The van der Waals surface area contributed by atoms with Gasteiger partial charge in [0.1, 0.15) is 11.9 Å².